The van der Waals surface area contributed by atoms with Gasteiger partial charge in [0, 0.05) is 11.8 Å². The molecule has 0 aliphatic rings. The molecule has 0 fully saturated rings. The van der Waals surface area contributed by atoms with Crippen molar-refractivity contribution in [3.63, 3.8) is 0 Å². The van der Waals surface area contributed by atoms with E-state index in [9.17, 15) is 0 Å². The van der Waals surface area contributed by atoms with Crippen molar-refractivity contribution in [1.82, 2.24) is 19.7 Å². The summed E-state index contributed by atoms with van der Waals surface area (Å²) >= 11 is 5.99. The lowest BCUT2D eigenvalue weighted by Crippen LogP contribution is -2.02. The zero-order valence-electron chi connectivity index (χ0n) is 10.7. The van der Waals surface area contributed by atoms with Gasteiger partial charge in [0.25, 0.3) is 0 Å². The molecule has 20 heavy (non-hydrogen) atoms. The molecule has 0 N–H and O–H groups in total. The molecule has 0 radical (unpaired) electrons. The highest BCUT2D eigenvalue weighted by molar-refractivity contribution is 6.31. The fraction of sp³-hybridized carbons (Fsp3) is 0.0714. The Morgan fingerprint density at radius 3 is 2.65 bits per heavy atom. The van der Waals surface area contributed by atoms with E-state index in [2.05, 4.69) is 15.1 Å². The largest absolute Gasteiger partial charge is 0.490 e. The molecule has 3 aromatic rings. The molecule has 6 heteroatoms. The fourth-order valence-corrected chi connectivity index (χ4v) is 2.11. The van der Waals surface area contributed by atoms with Crippen molar-refractivity contribution in [2.45, 2.75) is 0 Å². The van der Waals surface area contributed by atoms with Crippen molar-refractivity contribution in [2.24, 2.45) is 0 Å². The van der Waals surface area contributed by atoms with Crippen LogP contribution in [0.25, 0.3) is 16.9 Å². The topological polar surface area (TPSA) is 52.8 Å². The van der Waals surface area contributed by atoms with Gasteiger partial charge in [0.2, 0.25) is 11.6 Å². The summed E-state index contributed by atoms with van der Waals surface area (Å²) in [5, 5.41) is 4.56. The summed E-state index contributed by atoms with van der Waals surface area (Å²) in [6.45, 7) is 0. The van der Waals surface area contributed by atoms with Crippen LogP contribution in [-0.2, 0) is 0 Å². The molecular formula is C14H11ClN4O. The van der Waals surface area contributed by atoms with Gasteiger partial charge in [-0.2, -0.15) is 5.10 Å². The average molecular weight is 287 g/mol. The van der Waals surface area contributed by atoms with Crippen LogP contribution in [0.1, 0.15) is 0 Å². The first kappa shape index (κ1) is 12.6. The second-order valence-electron chi connectivity index (χ2n) is 4.06. The third kappa shape index (κ3) is 2.23. The molecule has 2 aromatic heterocycles. The Kier molecular flexibility index (Phi) is 3.35. The van der Waals surface area contributed by atoms with Gasteiger partial charge in [-0.1, -0.05) is 41.9 Å². The van der Waals surface area contributed by atoms with Crippen molar-refractivity contribution in [3.8, 4) is 22.7 Å². The predicted octanol–water partition coefficient (Wildman–Crippen LogP) is 2.99. The molecule has 0 bridgehead atoms. The first-order valence-electron chi connectivity index (χ1n) is 5.94. The first-order chi connectivity index (χ1) is 9.79. The maximum atomic E-state index is 5.99. The quantitative estimate of drug-likeness (QED) is 0.695. The van der Waals surface area contributed by atoms with E-state index in [0.29, 0.717) is 11.6 Å². The van der Waals surface area contributed by atoms with E-state index in [1.54, 1.807) is 10.9 Å². The zero-order chi connectivity index (χ0) is 13.9. The molecule has 0 aliphatic carbocycles. The van der Waals surface area contributed by atoms with E-state index in [0.717, 1.165) is 11.1 Å². The number of aromatic nitrogens is 4. The van der Waals surface area contributed by atoms with Crippen molar-refractivity contribution >= 4 is 11.6 Å². The zero-order valence-corrected chi connectivity index (χ0v) is 11.4. The van der Waals surface area contributed by atoms with E-state index >= 15 is 0 Å². The first-order valence-corrected chi connectivity index (χ1v) is 6.32. The van der Waals surface area contributed by atoms with Crippen molar-refractivity contribution < 1.29 is 4.74 Å². The van der Waals surface area contributed by atoms with E-state index < -0.39 is 0 Å². The molecule has 5 nitrogen and oxygen atoms in total. The van der Waals surface area contributed by atoms with E-state index in [1.165, 1.54) is 13.4 Å². The van der Waals surface area contributed by atoms with Crippen LogP contribution in [0.5, 0.6) is 5.75 Å². The molecule has 3 rings (SSSR count). The number of ether oxygens (including phenoxy) is 1. The minimum absolute atomic E-state index is 0.259. The van der Waals surface area contributed by atoms with Crippen molar-refractivity contribution in [3.05, 3.63) is 54.2 Å². The lowest BCUT2D eigenvalue weighted by Gasteiger charge is -2.07. The summed E-state index contributed by atoms with van der Waals surface area (Å²) < 4.78 is 6.85. The maximum absolute atomic E-state index is 5.99. The third-order valence-electron chi connectivity index (χ3n) is 2.85. The minimum atomic E-state index is 0.259. The standard InChI is InChI=1S/C14H11ClN4O/c1-20-12-13(15)16-9-17-14(12)19-8-11(7-18-19)10-5-3-2-4-6-10/h2-9H,1H3. The highest BCUT2D eigenvalue weighted by atomic mass is 35.5. The van der Waals surface area contributed by atoms with Gasteiger partial charge >= 0.3 is 0 Å². The number of halogens is 1. The third-order valence-corrected chi connectivity index (χ3v) is 3.12. The van der Waals surface area contributed by atoms with Crippen LogP contribution >= 0.6 is 11.6 Å². The summed E-state index contributed by atoms with van der Waals surface area (Å²) in [5.41, 5.74) is 2.07. The van der Waals surface area contributed by atoms with E-state index in [1.807, 2.05) is 36.5 Å². The van der Waals surface area contributed by atoms with Gasteiger partial charge in [-0.25, -0.2) is 14.6 Å². The SMILES string of the molecule is COc1c(Cl)ncnc1-n1cc(-c2ccccc2)cn1. The van der Waals surface area contributed by atoms with Gasteiger partial charge in [0.05, 0.1) is 13.3 Å². The van der Waals surface area contributed by atoms with Crippen LogP contribution < -0.4 is 4.74 Å². The molecule has 0 saturated heterocycles. The molecule has 1 aromatic carbocycles. The normalized spacial score (nSPS) is 10.5. The predicted molar refractivity (Wildman–Crippen MR) is 76.2 cm³/mol. The molecule has 0 unspecified atom stereocenters. The van der Waals surface area contributed by atoms with Crippen LogP contribution in [0.3, 0.4) is 0 Å². The summed E-state index contributed by atoms with van der Waals surface area (Å²) in [5.74, 6) is 0.909. The Bertz CT molecular complexity index is 727. The Labute approximate surface area is 120 Å². The number of rotatable bonds is 3. The molecule has 0 aliphatic heterocycles. The van der Waals surface area contributed by atoms with E-state index in [-0.39, 0.29) is 5.15 Å². The van der Waals surface area contributed by atoms with Gasteiger partial charge in [-0.05, 0) is 5.56 Å². The summed E-state index contributed by atoms with van der Waals surface area (Å²) in [6, 6.07) is 9.97. The molecule has 0 saturated carbocycles. The summed E-state index contributed by atoms with van der Waals surface area (Å²) in [7, 11) is 1.52. The van der Waals surface area contributed by atoms with Crippen LogP contribution in [0.15, 0.2) is 49.1 Å². The van der Waals surface area contributed by atoms with Gasteiger partial charge < -0.3 is 4.74 Å². The molecule has 0 atom stereocenters. The lowest BCUT2D eigenvalue weighted by molar-refractivity contribution is 0.407. The Morgan fingerprint density at radius 1 is 1.10 bits per heavy atom. The van der Waals surface area contributed by atoms with Crippen LogP contribution in [0.2, 0.25) is 5.15 Å². The summed E-state index contributed by atoms with van der Waals surface area (Å²) in [4.78, 5) is 8.06. The average Bonchev–Trinajstić information content (AvgIpc) is 2.97. The second-order valence-corrected chi connectivity index (χ2v) is 4.42. The lowest BCUT2D eigenvalue weighted by atomic mass is 10.1. The van der Waals surface area contributed by atoms with Gasteiger partial charge in [0.15, 0.2) is 5.15 Å². The van der Waals surface area contributed by atoms with Crippen LogP contribution in [-0.4, -0.2) is 26.9 Å². The monoisotopic (exact) mass is 286 g/mol. The minimum Gasteiger partial charge on any atom is -0.490 e. The number of benzene rings is 1. The molecule has 0 spiro atoms. The Morgan fingerprint density at radius 2 is 1.90 bits per heavy atom. The van der Waals surface area contributed by atoms with Gasteiger partial charge in [-0.3, -0.25) is 0 Å². The number of hydrogen-bond acceptors (Lipinski definition) is 4. The van der Waals surface area contributed by atoms with Crippen molar-refractivity contribution in [1.29, 1.82) is 0 Å². The molecule has 100 valence electrons. The van der Waals surface area contributed by atoms with E-state index in [4.69, 9.17) is 16.3 Å². The number of nitrogens with zero attached hydrogens (tertiary/aromatic N) is 4. The van der Waals surface area contributed by atoms with Gasteiger partial charge in [-0.15, -0.1) is 0 Å². The fourth-order valence-electron chi connectivity index (χ4n) is 1.90. The number of hydrogen-bond donors (Lipinski definition) is 0. The molecule has 2 heterocycles. The van der Waals surface area contributed by atoms with Crippen molar-refractivity contribution in [2.75, 3.05) is 7.11 Å². The Balaban J connectivity index is 2.05. The Hall–Kier alpha value is -2.40. The molecule has 0 amide bonds. The smallest absolute Gasteiger partial charge is 0.201 e. The molecular weight excluding hydrogens is 276 g/mol. The highest BCUT2D eigenvalue weighted by Gasteiger charge is 2.13. The van der Waals surface area contributed by atoms with Gasteiger partial charge in [0.1, 0.15) is 6.33 Å². The highest BCUT2D eigenvalue weighted by Crippen LogP contribution is 2.28. The number of methoxy groups -OCH3 is 1. The summed E-state index contributed by atoms with van der Waals surface area (Å²) in [6.07, 6.45) is 5.02. The van der Waals surface area contributed by atoms with Crippen LogP contribution in [0.4, 0.5) is 0 Å². The van der Waals surface area contributed by atoms with Crippen LogP contribution in [0, 0.1) is 0 Å². The second kappa shape index (κ2) is 5.30. The maximum Gasteiger partial charge on any atom is 0.201 e.